The van der Waals surface area contributed by atoms with E-state index in [4.69, 9.17) is 11.6 Å². The molecule has 3 aromatic rings. The minimum atomic E-state index is -1.08. The fourth-order valence-corrected chi connectivity index (χ4v) is 3.90. The van der Waals surface area contributed by atoms with E-state index in [2.05, 4.69) is 10.4 Å². The molecular formula is C18H13ClN4O. The van der Waals surface area contributed by atoms with Gasteiger partial charge in [-0.25, -0.2) is 4.68 Å². The quantitative estimate of drug-likeness (QED) is 0.685. The first-order valence-electron chi connectivity index (χ1n) is 7.63. The molecule has 2 aromatic carbocycles. The third-order valence-electron chi connectivity index (χ3n) is 4.80. The molecule has 0 saturated carbocycles. The van der Waals surface area contributed by atoms with Crippen LogP contribution in [0.25, 0.3) is 11.3 Å². The summed E-state index contributed by atoms with van der Waals surface area (Å²) in [5.41, 5.74) is 3.37. The summed E-state index contributed by atoms with van der Waals surface area (Å²) < 4.78 is 1.77. The van der Waals surface area contributed by atoms with Crippen molar-refractivity contribution in [2.24, 2.45) is 0 Å². The zero-order valence-corrected chi connectivity index (χ0v) is 13.6. The van der Waals surface area contributed by atoms with E-state index in [-0.39, 0.29) is 5.91 Å². The highest BCUT2D eigenvalue weighted by Crippen LogP contribution is 2.48. The van der Waals surface area contributed by atoms with Gasteiger partial charge in [-0.1, -0.05) is 29.8 Å². The van der Waals surface area contributed by atoms with Crippen molar-refractivity contribution >= 4 is 28.9 Å². The number of carbonyl (C=O) groups excluding carboxylic acids is 1. The van der Waals surface area contributed by atoms with Gasteiger partial charge in [-0.3, -0.25) is 4.79 Å². The second-order valence-corrected chi connectivity index (χ2v) is 6.47. The molecule has 2 aliphatic heterocycles. The van der Waals surface area contributed by atoms with Crippen LogP contribution in [0, 0.1) is 0 Å². The summed E-state index contributed by atoms with van der Waals surface area (Å²) in [7, 11) is 1.79. The lowest BCUT2D eigenvalue weighted by atomic mass is 9.95. The van der Waals surface area contributed by atoms with Crippen molar-refractivity contribution < 1.29 is 4.79 Å². The van der Waals surface area contributed by atoms with E-state index in [0.29, 0.717) is 5.02 Å². The minimum Gasteiger partial charge on any atom is -0.349 e. The molecule has 5 nitrogen and oxygen atoms in total. The number of likely N-dealkylation sites (N-methyl/N-ethyl adjacent to an activating group) is 1. The Balaban J connectivity index is 1.87. The van der Waals surface area contributed by atoms with E-state index >= 15 is 0 Å². The van der Waals surface area contributed by atoms with Gasteiger partial charge in [0.15, 0.2) is 0 Å². The zero-order valence-electron chi connectivity index (χ0n) is 12.8. The van der Waals surface area contributed by atoms with E-state index < -0.39 is 5.66 Å². The second kappa shape index (κ2) is 4.39. The molecule has 0 radical (unpaired) electrons. The molecule has 0 fully saturated rings. The first-order chi connectivity index (χ1) is 11.6. The standard InChI is InChI=1S/C18H13ClN4O/c1-22-16-5-3-2-4-13(16)18(17(22)24)21-14-10-11(19)6-7-12(14)15-8-9-20-23(15)18/h2-10,21H,1H3. The van der Waals surface area contributed by atoms with Crippen LogP contribution in [0.2, 0.25) is 5.02 Å². The Hall–Kier alpha value is -2.79. The first-order valence-corrected chi connectivity index (χ1v) is 8.01. The van der Waals surface area contributed by atoms with Crippen molar-refractivity contribution in [3.05, 3.63) is 65.3 Å². The largest absolute Gasteiger partial charge is 0.349 e. The molecule has 1 atom stereocenters. The van der Waals surface area contributed by atoms with Crippen molar-refractivity contribution in [3.8, 4) is 11.3 Å². The maximum atomic E-state index is 13.3. The third-order valence-corrected chi connectivity index (χ3v) is 5.04. The zero-order chi connectivity index (χ0) is 16.5. The molecule has 2 aliphatic rings. The summed E-state index contributed by atoms with van der Waals surface area (Å²) in [6.45, 7) is 0. The van der Waals surface area contributed by atoms with Crippen molar-refractivity contribution in [2.45, 2.75) is 5.66 Å². The summed E-state index contributed by atoms with van der Waals surface area (Å²) in [5.74, 6) is -0.0701. The highest BCUT2D eigenvalue weighted by atomic mass is 35.5. The molecule has 1 unspecified atom stereocenters. The van der Waals surface area contributed by atoms with Gasteiger partial charge in [-0.15, -0.1) is 0 Å². The van der Waals surface area contributed by atoms with E-state index in [1.165, 1.54) is 0 Å². The third kappa shape index (κ3) is 1.45. The highest BCUT2D eigenvalue weighted by molar-refractivity contribution is 6.31. The Bertz CT molecular complexity index is 1010. The van der Waals surface area contributed by atoms with E-state index in [1.807, 2.05) is 48.5 Å². The monoisotopic (exact) mass is 336 g/mol. The van der Waals surface area contributed by atoms with Crippen molar-refractivity contribution in [2.75, 3.05) is 17.3 Å². The predicted molar refractivity (Wildman–Crippen MR) is 93.2 cm³/mol. The van der Waals surface area contributed by atoms with Crippen LogP contribution in [0.4, 0.5) is 11.4 Å². The molecule has 5 rings (SSSR count). The number of nitrogens with zero attached hydrogens (tertiary/aromatic N) is 3. The molecule has 0 bridgehead atoms. The van der Waals surface area contributed by atoms with Gasteiger partial charge in [0.25, 0.3) is 5.91 Å². The van der Waals surface area contributed by atoms with Crippen LogP contribution in [0.5, 0.6) is 0 Å². The Labute approximate surface area is 143 Å². The summed E-state index contributed by atoms with van der Waals surface area (Å²) in [6.07, 6.45) is 1.72. The molecule has 0 saturated heterocycles. The average molecular weight is 337 g/mol. The Kier molecular flexibility index (Phi) is 2.49. The smallest absolute Gasteiger partial charge is 0.280 e. The van der Waals surface area contributed by atoms with Crippen molar-refractivity contribution in [3.63, 3.8) is 0 Å². The number of anilines is 2. The van der Waals surface area contributed by atoms with Crippen LogP contribution in [0.15, 0.2) is 54.7 Å². The van der Waals surface area contributed by atoms with E-state index in [0.717, 1.165) is 28.2 Å². The van der Waals surface area contributed by atoms with Gasteiger partial charge in [0.2, 0.25) is 5.66 Å². The van der Waals surface area contributed by atoms with Gasteiger partial charge in [-0.05, 0) is 30.3 Å². The summed E-state index contributed by atoms with van der Waals surface area (Å²) in [4.78, 5) is 14.9. The number of para-hydroxylation sites is 1. The number of hydrogen-bond donors (Lipinski definition) is 1. The fourth-order valence-electron chi connectivity index (χ4n) is 3.73. The predicted octanol–water partition coefficient (Wildman–Crippen LogP) is 3.31. The molecule has 1 N–H and O–H groups in total. The lowest BCUT2D eigenvalue weighted by Crippen LogP contribution is -2.53. The molecule has 118 valence electrons. The van der Waals surface area contributed by atoms with Crippen molar-refractivity contribution in [1.29, 1.82) is 0 Å². The number of carbonyl (C=O) groups is 1. The lowest BCUT2D eigenvalue weighted by molar-refractivity contribution is -0.123. The summed E-state index contributed by atoms with van der Waals surface area (Å²) >= 11 is 6.18. The van der Waals surface area contributed by atoms with Gasteiger partial charge in [-0.2, -0.15) is 5.10 Å². The summed E-state index contributed by atoms with van der Waals surface area (Å²) in [5, 5.41) is 8.51. The normalized spacial score (nSPS) is 20.6. The maximum Gasteiger partial charge on any atom is 0.280 e. The SMILES string of the molecule is CN1C(=O)C2(Nc3cc(Cl)ccc3-c3ccnn32)c2ccccc21. The molecule has 6 heteroatoms. The van der Waals surface area contributed by atoms with Crippen LogP contribution in [0.3, 0.4) is 0 Å². The number of nitrogens with one attached hydrogen (secondary N) is 1. The highest BCUT2D eigenvalue weighted by Gasteiger charge is 2.55. The molecule has 3 heterocycles. The van der Waals surface area contributed by atoms with Crippen molar-refractivity contribution in [1.82, 2.24) is 9.78 Å². The number of rotatable bonds is 0. The van der Waals surface area contributed by atoms with Gasteiger partial charge >= 0.3 is 0 Å². The van der Waals surface area contributed by atoms with Crippen LogP contribution < -0.4 is 10.2 Å². The molecule has 24 heavy (non-hydrogen) atoms. The topological polar surface area (TPSA) is 50.2 Å². The molecule has 1 spiro atoms. The van der Waals surface area contributed by atoms with Crippen LogP contribution in [-0.4, -0.2) is 22.7 Å². The van der Waals surface area contributed by atoms with Crippen LogP contribution in [-0.2, 0) is 10.5 Å². The Morgan fingerprint density at radius 1 is 1.17 bits per heavy atom. The maximum absolute atomic E-state index is 13.3. The molecular weight excluding hydrogens is 324 g/mol. The number of aromatic nitrogens is 2. The van der Waals surface area contributed by atoms with Crippen LogP contribution >= 0.6 is 11.6 Å². The van der Waals surface area contributed by atoms with Crippen LogP contribution in [0.1, 0.15) is 5.56 Å². The first kappa shape index (κ1) is 13.6. The van der Waals surface area contributed by atoms with Gasteiger partial charge < -0.3 is 10.2 Å². The summed E-state index contributed by atoms with van der Waals surface area (Å²) in [6, 6.07) is 15.3. The van der Waals surface area contributed by atoms with Gasteiger partial charge in [0, 0.05) is 35.1 Å². The number of amides is 1. The molecule has 1 aromatic heterocycles. The Morgan fingerprint density at radius 3 is 2.88 bits per heavy atom. The number of fused-ring (bicyclic) bond motifs is 6. The van der Waals surface area contributed by atoms with E-state index in [1.54, 1.807) is 22.8 Å². The number of halogens is 1. The number of hydrogen-bond acceptors (Lipinski definition) is 3. The second-order valence-electron chi connectivity index (χ2n) is 6.03. The van der Waals surface area contributed by atoms with Gasteiger partial charge in [0.05, 0.1) is 11.4 Å². The Morgan fingerprint density at radius 2 is 2.00 bits per heavy atom. The number of benzene rings is 2. The van der Waals surface area contributed by atoms with E-state index in [9.17, 15) is 4.79 Å². The fraction of sp³-hybridized carbons (Fsp3) is 0.111. The van der Waals surface area contributed by atoms with Gasteiger partial charge in [0.1, 0.15) is 0 Å². The molecule has 0 aliphatic carbocycles. The lowest BCUT2D eigenvalue weighted by Gasteiger charge is -2.37. The molecule has 1 amide bonds. The minimum absolute atomic E-state index is 0.0701. The average Bonchev–Trinajstić information content (AvgIpc) is 3.16.